The molecule has 2 aromatic carbocycles. The largest absolute Gasteiger partial charge is 0.385 e. The van der Waals surface area contributed by atoms with Crippen LogP contribution in [0.5, 0.6) is 0 Å². The van der Waals surface area contributed by atoms with E-state index in [-0.39, 0.29) is 30.7 Å². The molecule has 1 fully saturated rings. The first kappa shape index (κ1) is 21.2. The van der Waals surface area contributed by atoms with Gasteiger partial charge in [0.15, 0.2) is 0 Å². The van der Waals surface area contributed by atoms with Gasteiger partial charge in [0, 0.05) is 13.1 Å². The summed E-state index contributed by atoms with van der Waals surface area (Å²) in [5.74, 6) is -0.649. The molecule has 1 saturated heterocycles. The van der Waals surface area contributed by atoms with Gasteiger partial charge in [0.05, 0.1) is 35.5 Å². The van der Waals surface area contributed by atoms with Crippen LogP contribution in [0.15, 0.2) is 30.3 Å². The summed E-state index contributed by atoms with van der Waals surface area (Å²) in [4.78, 5) is 16.9. The molecule has 0 spiro atoms. The molecule has 31 heavy (non-hydrogen) atoms. The highest BCUT2D eigenvalue weighted by atomic mass is 19.1. The van der Waals surface area contributed by atoms with E-state index in [1.165, 1.54) is 6.07 Å². The minimum Gasteiger partial charge on any atom is -0.385 e. The molecular formula is C22H27FN6O2. The molecule has 1 aliphatic rings. The Kier molecular flexibility index (Phi) is 5.18. The Labute approximate surface area is 180 Å². The molecule has 3 aromatic rings. The molecule has 164 valence electrons. The molecule has 0 aliphatic carbocycles. The van der Waals surface area contributed by atoms with Crippen LogP contribution in [-0.4, -0.2) is 74.6 Å². The van der Waals surface area contributed by atoms with Gasteiger partial charge < -0.3 is 20.2 Å². The molecule has 1 unspecified atom stereocenters. The van der Waals surface area contributed by atoms with Gasteiger partial charge in [-0.25, -0.2) is 9.07 Å². The number of aromatic nitrogens is 3. The van der Waals surface area contributed by atoms with Crippen molar-refractivity contribution in [1.29, 1.82) is 0 Å². The van der Waals surface area contributed by atoms with E-state index in [2.05, 4.69) is 15.6 Å². The summed E-state index contributed by atoms with van der Waals surface area (Å²) in [5, 5.41) is 22.0. The summed E-state index contributed by atoms with van der Waals surface area (Å²) < 4.78 is 16.0. The second-order valence-corrected chi connectivity index (χ2v) is 8.61. The van der Waals surface area contributed by atoms with Crippen LogP contribution in [0.25, 0.3) is 11.0 Å². The average molecular weight is 426 g/mol. The zero-order valence-corrected chi connectivity index (χ0v) is 18.3. The van der Waals surface area contributed by atoms with Crippen LogP contribution in [0.4, 0.5) is 15.8 Å². The Morgan fingerprint density at radius 3 is 2.61 bits per heavy atom. The number of aryl methyl sites for hydroxylation is 2. The van der Waals surface area contributed by atoms with Crippen molar-refractivity contribution >= 4 is 28.3 Å². The number of halogens is 1. The van der Waals surface area contributed by atoms with Gasteiger partial charge in [0.2, 0.25) is 0 Å². The van der Waals surface area contributed by atoms with Crippen molar-refractivity contribution < 1.29 is 14.3 Å². The standard InChI is InChI=1S/C22H27FN6O2/c1-13-6-7-17(16(23)8-13)24-18-10-19-20(28(5)26-25-19)9-15(18)21(30)29-11-22(31,12-29)14(2)27(3)4/h6-10,14,24,31H,11-12H2,1-5H3. The summed E-state index contributed by atoms with van der Waals surface area (Å²) in [6.45, 7) is 4.20. The lowest BCUT2D eigenvalue weighted by molar-refractivity contribution is -0.120. The first-order chi connectivity index (χ1) is 14.6. The van der Waals surface area contributed by atoms with Crippen LogP contribution < -0.4 is 5.32 Å². The number of β-amino-alcohol motifs (C(OH)–C–C–N with tert-alkyl or cyclic N) is 1. The third-order valence-corrected chi connectivity index (χ3v) is 6.14. The summed E-state index contributed by atoms with van der Waals surface area (Å²) in [6, 6.07) is 8.18. The highest BCUT2D eigenvalue weighted by Crippen LogP contribution is 2.33. The minimum absolute atomic E-state index is 0.0976. The molecule has 4 rings (SSSR count). The fraction of sp³-hybridized carbons (Fsp3) is 0.409. The lowest BCUT2D eigenvalue weighted by Crippen LogP contribution is -2.70. The quantitative estimate of drug-likeness (QED) is 0.651. The highest BCUT2D eigenvalue weighted by molar-refractivity contribution is 6.04. The smallest absolute Gasteiger partial charge is 0.256 e. The molecule has 0 saturated carbocycles. The van der Waals surface area contributed by atoms with Crippen molar-refractivity contribution in [2.75, 3.05) is 32.5 Å². The fourth-order valence-corrected chi connectivity index (χ4v) is 3.90. The Balaban J connectivity index is 1.68. The maximum Gasteiger partial charge on any atom is 0.256 e. The van der Waals surface area contributed by atoms with E-state index >= 15 is 0 Å². The van der Waals surface area contributed by atoms with Crippen LogP contribution >= 0.6 is 0 Å². The topological polar surface area (TPSA) is 86.5 Å². The van der Waals surface area contributed by atoms with E-state index in [4.69, 9.17) is 0 Å². The Bertz CT molecular complexity index is 1150. The third-order valence-electron chi connectivity index (χ3n) is 6.14. The van der Waals surface area contributed by atoms with Gasteiger partial charge in [-0.2, -0.15) is 0 Å². The lowest BCUT2D eigenvalue weighted by Gasteiger charge is -2.51. The van der Waals surface area contributed by atoms with Gasteiger partial charge >= 0.3 is 0 Å². The van der Waals surface area contributed by atoms with E-state index in [1.54, 1.807) is 40.9 Å². The van der Waals surface area contributed by atoms with Crippen LogP contribution in [0, 0.1) is 12.7 Å². The van der Waals surface area contributed by atoms with Crippen LogP contribution in [0.3, 0.4) is 0 Å². The number of hydrogen-bond donors (Lipinski definition) is 2. The van der Waals surface area contributed by atoms with Crippen molar-refractivity contribution in [3.05, 3.63) is 47.3 Å². The second-order valence-electron chi connectivity index (χ2n) is 8.61. The summed E-state index contributed by atoms with van der Waals surface area (Å²) >= 11 is 0. The number of likely N-dealkylation sites (N-methyl/N-ethyl adjacent to an activating group) is 1. The number of rotatable bonds is 5. The summed E-state index contributed by atoms with van der Waals surface area (Å²) in [6.07, 6.45) is 0. The highest BCUT2D eigenvalue weighted by Gasteiger charge is 2.48. The summed E-state index contributed by atoms with van der Waals surface area (Å²) in [7, 11) is 5.54. The van der Waals surface area contributed by atoms with E-state index in [0.29, 0.717) is 22.3 Å². The van der Waals surface area contributed by atoms with Crippen molar-refractivity contribution in [1.82, 2.24) is 24.8 Å². The molecule has 2 heterocycles. The van der Waals surface area contributed by atoms with E-state index < -0.39 is 11.4 Å². The first-order valence-corrected chi connectivity index (χ1v) is 10.1. The van der Waals surface area contributed by atoms with E-state index in [9.17, 15) is 14.3 Å². The molecule has 1 amide bonds. The average Bonchev–Trinajstić information content (AvgIpc) is 3.05. The first-order valence-electron chi connectivity index (χ1n) is 10.1. The molecule has 1 aromatic heterocycles. The number of aliphatic hydroxyl groups is 1. The number of carbonyl (C=O) groups excluding carboxylic acids is 1. The molecule has 0 radical (unpaired) electrons. The number of carbonyl (C=O) groups is 1. The van der Waals surface area contributed by atoms with Gasteiger partial charge in [0.1, 0.15) is 16.9 Å². The Hall–Kier alpha value is -3.04. The van der Waals surface area contributed by atoms with Gasteiger partial charge in [0.25, 0.3) is 5.91 Å². The van der Waals surface area contributed by atoms with Crippen molar-refractivity contribution in [2.24, 2.45) is 7.05 Å². The monoisotopic (exact) mass is 426 g/mol. The molecule has 8 nitrogen and oxygen atoms in total. The normalized spacial score (nSPS) is 16.5. The van der Waals surface area contributed by atoms with Gasteiger partial charge in [-0.3, -0.25) is 4.79 Å². The number of likely N-dealkylation sites (tertiary alicyclic amines) is 1. The molecule has 9 heteroatoms. The Morgan fingerprint density at radius 2 is 1.97 bits per heavy atom. The van der Waals surface area contributed by atoms with Crippen molar-refractivity contribution in [3.8, 4) is 0 Å². The van der Waals surface area contributed by atoms with Crippen LogP contribution in [0.1, 0.15) is 22.8 Å². The molecular weight excluding hydrogens is 399 g/mol. The second kappa shape index (κ2) is 7.58. The maximum atomic E-state index is 14.5. The zero-order valence-electron chi connectivity index (χ0n) is 18.3. The van der Waals surface area contributed by atoms with Crippen molar-refractivity contribution in [3.63, 3.8) is 0 Å². The molecule has 2 N–H and O–H groups in total. The predicted octanol–water partition coefficient (Wildman–Crippen LogP) is 2.30. The van der Waals surface area contributed by atoms with E-state index in [1.807, 2.05) is 32.8 Å². The summed E-state index contributed by atoms with van der Waals surface area (Å²) in [5.41, 5.74) is 2.21. The number of hydrogen-bond acceptors (Lipinski definition) is 6. The van der Waals surface area contributed by atoms with Gasteiger partial charge in [-0.15, -0.1) is 5.10 Å². The molecule has 1 atom stereocenters. The van der Waals surface area contributed by atoms with Crippen LogP contribution in [0.2, 0.25) is 0 Å². The predicted molar refractivity (Wildman–Crippen MR) is 117 cm³/mol. The van der Waals surface area contributed by atoms with E-state index in [0.717, 1.165) is 5.56 Å². The number of amides is 1. The number of nitrogens with zero attached hydrogens (tertiary/aromatic N) is 5. The number of benzene rings is 2. The maximum absolute atomic E-state index is 14.5. The minimum atomic E-state index is -0.964. The molecule has 0 bridgehead atoms. The van der Waals surface area contributed by atoms with Crippen molar-refractivity contribution in [2.45, 2.75) is 25.5 Å². The lowest BCUT2D eigenvalue weighted by atomic mass is 9.85. The number of anilines is 2. The SMILES string of the molecule is Cc1ccc(Nc2cc3nnn(C)c3cc2C(=O)N2CC(O)(C(C)N(C)C)C2)c(F)c1. The third kappa shape index (κ3) is 3.75. The van der Waals surface area contributed by atoms with Gasteiger partial charge in [-0.1, -0.05) is 11.3 Å². The van der Waals surface area contributed by atoms with Gasteiger partial charge in [-0.05, 0) is 57.8 Å². The van der Waals surface area contributed by atoms with Crippen LogP contribution in [-0.2, 0) is 7.05 Å². The zero-order chi connectivity index (χ0) is 22.5. The number of nitrogens with one attached hydrogen (secondary N) is 1. The molecule has 1 aliphatic heterocycles. The fourth-order valence-electron chi connectivity index (χ4n) is 3.90. The Morgan fingerprint density at radius 1 is 1.26 bits per heavy atom. The number of fused-ring (bicyclic) bond motifs is 1.